The second kappa shape index (κ2) is 11.6. The van der Waals surface area contributed by atoms with Crippen LogP contribution < -0.4 is 10.7 Å². The highest BCUT2D eigenvalue weighted by molar-refractivity contribution is 7.94. The number of rotatable bonds is 9. The minimum absolute atomic E-state index is 0.151. The molecule has 0 spiro atoms. The van der Waals surface area contributed by atoms with Gasteiger partial charge in [-0.25, -0.2) is 18.6 Å². The first-order valence-electron chi connectivity index (χ1n) is 13.1. The van der Waals surface area contributed by atoms with Crippen molar-refractivity contribution in [2.45, 2.75) is 35.6 Å². The van der Waals surface area contributed by atoms with Crippen molar-refractivity contribution in [2.75, 3.05) is 11.9 Å². The number of nitrogens with one attached hydrogen (secondary N) is 2. The van der Waals surface area contributed by atoms with Crippen molar-refractivity contribution >= 4 is 51.1 Å². The van der Waals surface area contributed by atoms with E-state index < -0.39 is 61.4 Å². The Morgan fingerprint density at radius 3 is 2.28 bits per heavy atom. The molecule has 43 heavy (non-hydrogen) atoms. The molecule has 0 bridgehead atoms. The number of anilines is 1. The third kappa shape index (κ3) is 5.37. The maximum absolute atomic E-state index is 13.8. The topological polar surface area (TPSA) is 175 Å². The van der Waals surface area contributed by atoms with E-state index in [-0.39, 0.29) is 23.7 Å². The summed E-state index contributed by atoms with van der Waals surface area (Å²) in [5.41, 5.74) is 3.64. The molecule has 14 heteroatoms. The number of β-lactam (4-membered cyclic amide) rings is 1. The summed E-state index contributed by atoms with van der Waals surface area (Å²) >= 11 is 5.95. The summed E-state index contributed by atoms with van der Waals surface area (Å²) in [6.07, 6.45) is -0.240. The van der Waals surface area contributed by atoms with E-state index in [0.29, 0.717) is 11.1 Å². The zero-order valence-corrected chi connectivity index (χ0v) is 24.2. The number of aromatic hydroxyl groups is 2. The van der Waals surface area contributed by atoms with Crippen LogP contribution in [0.3, 0.4) is 0 Å². The highest BCUT2D eigenvalue weighted by Gasteiger charge is 2.70. The summed E-state index contributed by atoms with van der Waals surface area (Å²) in [6, 6.07) is 18.8. The predicted octanol–water partition coefficient (Wildman–Crippen LogP) is 2.71. The number of nitrogens with zero attached hydrogens (tertiary/aromatic N) is 2. The van der Waals surface area contributed by atoms with Crippen LogP contribution in [0.2, 0.25) is 5.02 Å². The number of ether oxygens (including phenoxy) is 1. The van der Waals surface area contributed by atoms with E-state index >= 15 is 0 Å². The number of carbonyl (C=O) groups is 3. The van der Waals surface area contributed by atoms with Gasteiger partial charge in [-0.15, -0.1) is 0 Å². The van der Waals surface area contributed by atoms with Gasteiger partial charge >= 0.3 is 5.97 Å². The number of fused-ring (bicyclic) bond motifs is 1. The van der Waals surface area contributed by atoms with Gasteiger partial charge in [0.2, 0.25) is 5.91 Å². The van der Waals surface area contributed by atoms with Crippen LogP contribution in [0, 0.1) is 0 Å². The maximum Gasteiger partial charge on any atom is 0.331 e. The van der Waals surface area contributed by atoms with Gasteiger partial charge in [-0.2, -0.15) is 5.10 Å². The van der Waals surface area contributed by atoms with Crippen LogP contribution in [0.4, 0.5) is 5.69 Å². The van der Waals surface area contributed by atoms with E-state index in [1.54, 1.807) is 60.7 Å². The SMILES string of the molecule is CC1(/C=N/NC(=O)CNc2ccc(O)c(O)c2Cl)C(C(=O)OC(c2ccccc2)c2ccccc2)N2C(=O)CC2S1(=O)=O. The van der Waals surface area contributed by atoms with Crippen LogP contribution in [0.25, 0.3) is 0 Å². The first-order chi connectivity index (χ1) is 20.5. The Kier molecular flexibility index (Phi) is 8.04. The van der Waals surface area contributed by atoms with Gasteiger partial charge in [-0.05, 0) is 30.2 Å². The molecular formula is C29H27ClN4O8S. The number of hydrogen-bond donors (Lipinski definition) is 4. The minimum atomic E-state index is -4.17. The number of benzene rings is 3. The summed E-state index contributed by atoms with van der Waals surface area (Å²) in [5, 5.41) is 24.3. The van der Waals surface area contributed by atoms with E-state index in [0.717, 1.165) is 11.1 Å². The summed E-state index contributed by atoms with van der Waals surface area (Å²) in [5.74, 6) is -3.19. The lowest BCUT2D eigenvalue weighted by atomic mass is 9.96. The normalized spacial score (nSPS) is 22.2. The fourth-order valence-corrected chi connectivity index (χ4v) is 7.52. The van der Waals surface area contributed by atoms with E-state index in [1.165, 1.54) is 19.1 Å². The van der Waals surface area contributed by atoms with Crippen LogP contribution in [-0.4, -0.2) is 70.2 Å². The smallest absolute Gasteiger partial charge is 0.331 e. The second-order valence-electron chi connectivity index (χ2n) is 10.2. The Hall–Kier alpha value is -4.62. The molecule has 5 rings (SSSR count). The number of amides is 2. The number of phenols is 2. The minimum Gasteiger partial charge on any atom is -0.504 e. The zero-order chi connectivity index (χ0) is 30.9. The molecule has 2 aliphatic heterocycles. The van der Waals surface area contributed by atoms with Crippen LogP contribution >= 0.6 is 11.6 Å². The predicted molar refractivity (Wildman–Crippen MR) is 157 cm³/mol. The fourth-order valence-electron chi connectivity index (χ4n) is 5.09. The van der Waals surface area contributed by atoms with Crippen molar-refractivity contribution < 1.29 is 37.8 Å². The second-order valence-corrected chi connectivity index (χ2v) is 13.1. The molecule has 3 aromatic carbocycles. The van der Waals surface area contributed by atoms with Gasteiger partial charge < -0.3 is 25.2 Å². The molecule has 3 unspecified atom stereocenters. The number of sulfone groups is 1. The summed E-state index contributed by atoms with van der Waals surface area (Å²) in [7, 11) is -4.17. The number of hydrazone groups is 1. The lowest BCUT2D eigenvalue weighted by Gasteiger charge is -2.36. The summed E-state index contributed by atoms with van der Waals surface area (Å²) < 4.78 is 31.0. The molecule has 0 aliphatic carbocycles. The number of esters is 1. The van der Waals surface area contributed by atoms with Crippen molar-refractivity contribution in [2.24, 2.45) is 5.10 Å². The molecule has 0 aromatic heterocycles. The van der Waals surface area contributed by atoms with Gasteiger partial charge in [0.1, 0.15) is 15.1 Å². The Morgan fingerprint density at radius 1 is 1.09 bits per heavy atom. The molecule has 2 amide bonds. The first kappa shape index (κ1) is 29.9. The molecule has 2 saturated heterocycles. The molecule has 3 atom stereocenters. The molecule has 4 N–H and O–H groups in total. The summed E-state index contributed by atoms with van der Waals surface area (Å²) in [4.78, 5) is 39.8. The Labute approximate surface area is 251 Å². The lowest BCUT2D eigenvalue weighted by Crippen LogP contribution is -2.58. The lowest BCUT2D eigenvalue weighted by molar-refractivity contribution is -0.163. The maximum atomic E-state index is 13.8. The van der Waals surface area contributed by atoms with Crippen LogP contribution in [-0.2, 0) is 29.0 Å². The molecular weight excluding hydrogens is 600 g/mol. The Morgan fingerprint density at radius 2 is 1.70 bits per heavy atom. The molecule has 3 aromatic rings. The number of carbonyl (C=O) groups excluding carboxylic acids is 3. The largest absolute Gasteiger partial charge is 0.504 e. The molecule has 0 saturated carbocycles. The third-order valence-corrected chi connectivity index (χ3v) is 10.5. The quantitative estimate of drug-likeness (QED) is 0.0695. The van der Waals surface area contributed by atoms with Crippen molar-refractivity contribution in [3.05, 3.63) is 88.9 Å². The summed E-state index contributed by atoms with van der Waals surface area (Å²) in [6.45, 7) is 0.867. The highest BCUT2D eigenvalue weighted by Crippen LogP contribution is 2.46. The van der Waals surface area contributed by atoms with E-state index in [1.807, 2.05) is 0 Å². The third-order valence-electron chi connectivity index (χ3n) is 7.45. The number of halogens is 1. The fraction of sp³-hybridized carbons (Fsp3) is 0.241. The standard InChI is InChI=1S/C29H27ClN4O8S/c1-29(16-32-33-21(36)15-31-19-12-13-20(35)25(38)24(19)30)27(34-22(37)14-23(34)43(29,40)41)28(39)42-26(17-8-4-2-5-9-17)18-10-6-3-7-11-18/h2-13,16,23,26-27,31,35,38H,14-15H2,1H3,(H,33,36)/b32-16+. The number of hydrogen-bond acceptors (Lipinski definition) is 10. The van der Waals surface area contributed by atoms with E-state index in [4.69, 9.17) is 16.3 Å². The first-order valence-corrected chi connectivity index (χ1v) is 15.0. The van der Waals surface area contributed by atoms with Gasteiger partial charge in [0.15, 0.2) is 33.5 Å². The molecule has 12 nitrogen and oxygen atoms in total. The van der Waals surface area contributed by atoms with Crippen LogP contribution in [0.15, 0.2) is 77.9 Å². The molecule has 2 fully saturated rings. The van der Waals surface area contributed by atoms with E-state index in [2.05, 4.69) is 15.8 Å². The number of phenolic OH excluding ortho intramolecular Hbond substituents is 2. The average Bonchev–Trinajstić information content (AvgIpc) is 3.13. The Balaban J connectivity index is 1.37. The van der Waals surface area contributed by atoms with E-state index in [9.17, 15) is 33.0 Å². The van der Waals surface area contributed by atoms with Gasteiger partial charge in [0.05, 0.1) is 18.7 Å². The van der Waals surface area contributed by atoms with Gasteiger partial charge in [-0.3, -0.25) is 9.59 Å². The highest BCUT2D eigenvalue weighted by atomic mass is 35.5. The zero-order valence-electron chi connectivity index (χ0n) is 22.7. The molecule has 224 valence electrons. The molecule has 2 aliphatic rings. The van der Waals surface area contributed by atoms with Crippen molar-refractivity contribution in [1.29, 1.82) is 0 Å². The Bertz CT molecular complexity index is 1660. The van der Waals surface area contributed by atoms with Gasteiger partial charge in [0.25, 0.3) is 5.91 Å². The molecule has 2 heterocycles. The van der Waals surface area contributed by atoms with Gasteiger partial charge in [-0.1, -0.05) is 72.3 Å². The van der Waals surface area contributed by atoms with Crippen molar-refractivity contribution in [1.82, 2.24) is 10.3 Å². The van der Waals surface area contributed by atoms with Gasteiger partial charge in [0, 0.05) is 6.21 Å². The monoisotopic (exact) mass is 626 g/mol. The van der Waals surface area contributed by atoms with Crippen molar-refractivity contribution in [3.8, 4) is 11.5 Å². The van der Waals surface area contributed by atoms with Crippen molar-refractivity contribution in [3.63, 3.8) is 0 Å². The average molecular weight is 627 g/mol. The molecule has 0 radical (unpaired) electrons. The van der Waals surface area contributed by atoms with Crippen LogP contribution in [0.5, 0.6) is 11.5 Å². The van der Waals surface area contributed by atoms with Crippen LogP contribution in [0.1, 0.15) is 30.6 Å².